The summed E-state index contributed by atoms with van der Waals surface area (Å²) in [6, 6.07) is 18.7. The van der Waals surface area contributed by atoms with Crippen LogP contribution >= 0.6 is 0 Å². The van der Waals surface area contributed by atoms with Crippen LogP contribution in [0.5, 0.6) is 11.5 Å². The Labute approximate surface area is 149 Å². The van der Waals surface area contributed by atoms with Crippen LogP contribution in [0.25, 0.3) is 10.8 Å². The third-order valence-corrected chi connectivity index (χ3v) is 4.20. The molecule has 0 fully saturated rings. The van der Waals surface area contributed by atoms with Crippen molar-refractivity contribution in [3.8, 4) is 11.5 Å². The van der Waals surface area contributed by atoms with E-state index in [4.69, 9.17) is 15.2 Å². The molecule has 0 unspecified atom stereocenters. The number of nitrogens with two attached hydrogens (primary N) is 1. The summed E-state index contributed by atoms with van der Waals surface area (Å²) in [6.07, 6.45) is 0.800. The van der Waals surface area contributed by atoms with Crippen LogP contribution in [0, 0.1) is 13.8 Å². The van der Waals surface area contributed by atoms with Gasteiger partial charge in [0.25, 0.3) is 0 Å². The van der Waals surface area contributed by atoms with Crippen LogP contribution in [0.4, 0.5) is 0 Å². The van der Waals surface area contributed by atoms with Crippen LogP contribution in [-0.4, -0.2) is 19.8 Å². The van der Waals surface area contributed by atoms with E-state index in [0.29, 0.717) is 19.8 Å². The maximum atomic E-state index is 6.00. The monoisotopic (exact) mass is 335 g/mol. The average molecular weight is 335 g/mol. The molecule has 0 amide bonds. The lowest BCUT2D eigenvalue weighted by molar-refractivity contribution is 0.216. The molecule has 2 N–H and O–H groups in total. The molecule has 0 spiro atoms. The molecule has 3 nitrogen and oxygen atoms in total. The second-order valence-corrected chi connectivity index (χ2v) is 6.32. The van der Waals surface area contributed by atoms with Crippen LogP contribution in [0.1, 0.15) is 16.7 Å². The van der Waals surface area contributed by atoms with Gasteiger partial charge in [0.1, 0.15) is 24.7 Å². The van der Waals surface area contributed by atoms with Crippen molar-refractivity contribution in [1.29, 1.82) is 0 Å². The van der Waals surface area contributed by atoms with Gasteiger partial charge in [-0.2, -0.15) is 0 Å². The van der Waals surface area contributed by atoms with Crippen LogP contribution in [0.2, 0.25) is 0 Å². The third kappa shape index (κ3) is 4.31. The normalized spacial score (nSPS) is 10.8. The molecule has 3 aromatic rings. The summed E-state index contributed by atoms with van der Waals surface area (Å²) in [5.41, 5.74) is 9.38. The third-order valence-electron chi connectivity index (χ3n) is 4.20. The highest BCUT2D eigenvalue weighted by atomic mass is 16.5. The van der Waals surface area contributed by atoms with Gasteiger partial charge < -0.3 is 15.2 Å². The van der Waals surface area contributed by atoms with Gasteiger partial charge in [0, 0.05) is 5.56 Å². The largest absolute Gasteiger partial charge is 0.490 e. The Morgan fingerprint density at radius 1 is 0.840 bits per heavy atom. The Morgan fingerprint density at radius 3 is 2.32 bits per heavy atom. The summed E-state index contributed by atoms with van der Waals surface area (Å²) in [6.45, 7) is 5.76. The molecule has 130 valence electrons. The molecule has 3 rings (SSSR count). The summed E-state index contributed by atoms with van der Waals surface area (Å²) in [5, 5.41) is 2.42. The molecule has 0 saturated carbocycles. The number of hydrogen-bond donors (Lipinski definition) is 1. The lowest BCUT2D eigenvalue weighted by Gasteiger charge is -2.14. The van der Waals surface area contributed by atoms with E-state index in [9.17, 15) is 0 Å². The molecular formula is C22H25NO2. The van der Waals surface area contributed by atoms with E-state index >= 15 is 0 Å². The highest BCUT2D eigenvalue weighted by Crippen LogP contribution is 2.28. The van der Waals surface area contributed by atoms with Crippen molar-refractivity contribution in [2.45, 2.75) is 20.3 Å². The van der Waals surface area contributed by atoms with Crippen LogP contribution in [0.15, 0.2) is 54.6 Å². The maximum Gasteiger partial charge on any atom is 0.123 e. The first-order valence-corrected chi connectivity index (χ1v) is 8.72. The molecule has 0 heterocycles. The van der Waals surface area contributed by atoms with Gasteiger partial charge in [0.05, 0.1) is 0 Å². The zero-order chi connectivity index (χ0) is 17.6. The minimum Gasteiger partial charge on any atom is -0.490 e. The second-order valence-electron chi connectivity index (χ2n) is 6.32. The van der Waals surface area contributed by atoms with E-state index < -0.39 is 0 Å². The van der Waals surface area contributed by atoms with Crippen molar-refractivity contribution in [2.24, 2.45) is 5.73 Å². The molecule has 0 aliphatic heterocycles. The molecule has 0 atom stereocenters. The SMILES string of the molecule is Cc1cc(C)cc(OCCOc2ccc3ccccc3c2CCN)c1. The van der Waals surface area contributed by atoms with Crippen molar-refractivity contribution in [3.05, 3.63) is 71.3 Å². The Balaban J connectivity index is 1.67. The standard InChI is InChI=1S/C22H25NO2/c1-16-13-17(2)15-19(14-16)24-11-12-25-22-8-7-18-5-3-4-6-20(18)21(22)9-10-23/h3-8,13-15H,9-12,23H2,1-2H3. The summed E-state index contributed by atoms with van der Waals surface area (Å²) >= 11 is 0. The van der Waals surface area contributed by atoms with Gasteiger partial charge in [-0.25, -0.2) is 0 Å². The van der Waals surface area contributed by atoms with E-state index in [1.165, 1.54) is 27.5 Å². The Kier molecular flexibility index (Phi) is 5.56. The fourth-order valence-electron chi connectivity index (χ4n) is 3.18. The predicted octanol–water partition coefficient (Wildman–Crippen LogP) is 4.42. The minimum atomic E-state index is 0.503. The van der Waals surface area contributed by atoms with E-state index in [0.717, 1.165) is 17.9 Å². The van der Waals surface area contributed by atoms with Crippen LogP contribution < -0.4 is 15.2 Å². The highest BCUT2D eigenvalue weighted by molar-refractivity contribution is 5.87. The summed E-state index contributed by atoms with van der Waals surface area (Å²) in [5.74, 6) is 1.79. The molecule has 0 radical (unpaired) electrons. The van der Waals surface area contributed by atoms with E-state index in [1.807, 2.05) is 24.3 Å². The molecule has 0 saturated heterocycles. The Morgan fingerprint density at radius 2 is 1.56 bits per heavy atom. The number of benzene rings is 3. The van der Waals surface area contributed by atoms with Gasteiger partial charge in [0.15, 0.2) is 0 Å². The van der Waals surface area contributed by atoms with Gasteiger partial charge in [-0.15, -0.1) is 0 Å². The first kappa shape index (κ1) is 17.3. The highest BCUT2D eigenvalue weighted by Gasteiger charge is 2.08. The van der Waals surface area contributed by atoms with E-state index in [-0.39, 0.29) is 0 Å². The summed E-state index contributed by atoms with van der Waals surface area (Å²) < 4.78 is 11.8. The number of aryl methyl sites for hydroxylation is 2. The van der Waals surface area contributed by atoms with Gasteiger partial charge in [0.2, 0.25) is 0 Å². The van der Waals surface area contributed by atoms with Crippen molar-refractivity contribution < 1.29 is 9.47 Å². The molecular weight excluding hydrogens is 310 g/mol. The first-order chi connectivity index (χ1) is 12.2. The van der Waals surface area contributed by atoms with Gasteiger partial charge in [-0.05, 0) is 66.9 Å². The lowest BCUT2D eigenvalue weighted by Crippen LogP contribution is -2.11. The quantitative estimate of drug-likeness (QED) is 0.650. The molecule has 0 aromatic heterocycles. The van der Waals surface area contributed by atoms with E-state index in [2.05, 4.69) is 44.2 Å². The average Bonchev–Trinajstić information content (AvgIpc) is 2.59. The topological polar surface area (TPSA) is 44.5 Å². The number of rotatable bonds is 7. The maximum absolute atomic E-state index is 6.00. The van der Waals surface area contributed by atoms with Crippen molar-refractivity contribution in [1.82, 2.24) is 0 Å². The number of hydrogen-bond acceptors (Lipinski definition) is 3. The van der Waals surface area contributed by atoms with Crippen LogP contribution in [0.3, 0.4) is 0 Å². The smallest absolute Gasteiger partial charge is 0.123 e. The molecule has 0 aliphatic rings. The fourth-order valence-corrected chi connectivity index (χ4v) is 3.18. The Bertz CT molecular complexity index is 838. The first-order valence-electron chi connectivity index (χ1n) is 8.72. The van der Waals surface area contributed by atoms with E-state index in [1.54, 1.807) is 0 Å². The van der Waals surface area contributed by atoms with Crippen LogP contribution in [-0.2, 0) is 6.42 Å². The summed E-state index contributed by atoms with van der Waals surface area (Å²) in [4.78, 5) is 0. The Hall–Kier alpha value is -2.52. The van der Waals surface area contributed by atoms with Crippen molar-refractivity contribution >= 4 is 10.8 Å². The number of fused-ring (bicyclic) bond motifs is 1. The number of ether oxygens (including phenoxy) is 2. The molecule has 0 aliphatic carbocycles. The zero-order valence-corrected chi connectivity index (χ0v) is 14.9. The zero-order valence-electron chi connectivity index (χ0n) is 14.9. The lowest BCUT2D eigenvalue weighted by atomic mass is 10.0. The van der Waals surface area contributed by atoms with Gasteiger partial charge in [-0.3, -0.25) is 0 Å². The van der Waals surface area contributed by atoms with Crippen molar-refractivity contribution in [3.63, 3.8) is 0 Å². The molecule has 3 heteroatoms. The van der Waals surface area contributed by atoms with Gasteiger partial charge >= 0.3 is 0 Å². The predicted molar refractivity (Wildman–Crippen MR) is 104 cm³/mol. The molecule has 25 heavy (non-hydrogen) atoms. The summed E-state index contributed by atoms with van der Waals surface area (Å²) in [7, 11) is 0. The fraction of sp³-hybridized carbons (Fsp3) is 0.273. The minimum absolute atomic E-state index is 0.503. The van der Waals surface area contributed by atoms with Crippen molar-refractivity contribution in [2.75, 3.05) is 19.8 Å². The second kappa shape index (κ2) is 8.04. The van der Waals surface area contributed by atoms with Gasteiger partial charge in [-0.1, -0.05) is 36.4 Å². The molecule has 0 bridgehead atoms. The molecule has 3 aromatic carbocycles.